The number of aromatic amines is 1. The molecule has 0 aliphatic rings. The van der Waals surface area contributed by atoms with E-state index < -0.39 is 6.23 Å². The standard InChI is InChI=1S/C17H19N3O/c1-2-9-20-17(21)13-5-3-12(4-6-13)14-7-10-18-16-15(14)8-11-19-16/h3-8,10-11,17,20-21H,2,9H2,1H3,(H,18,19). The maximum atomic E-state index is 10.0. The molecule has 0 spiro atoms. The zero-order valence-electron chi connectivity index (χ0n) is 12.0. The minimum Gasteiger partial charge on any atom is -0.374 e. The lowest BCUT2D eigenvalue weighted by atomic mass is 10.0. The summed E-state index contributed by atoms with van der Waals surface area (Å²) in [6, 6.07) is 12.0. The van der Waals surface area contributed by atoms with Crippen molar-refractivity contribution in [3.8, 4) is 11.1 Å². The second-order valence-corrected chi connectivity index (χ2v) is 5.08. The molecule has 1 atom stereocenters. The van der Waals surface area contributed by atoms with Gasteiger partial charge in [-0.25, -0.2) is 4.98 Å². The minimum absolute atomic E-state index is 0.608. The molecule has 0 radical (unpaired) electrons. The van der Waals surface area contributed by atoms with Gasteiger partial charge in [0.25, 0.3) is 0 Å². The molecule has 0 aliphatic heterocycles. The van der Waals surface area contributed by atoms with Crippen LogP contribution in [0.2, 0.25) is 0 Å². The maximum Gasteiger partial charge on any atom is 0.137 e. The summed E-state index contributed by atoms with van der Waals surface area (Å²) >= 11 is 0. The molecule has 0 bridgehead atoms. The van der Waals surface area contributed by atoms with Crippen LogP contribution in [0.15, 0.2) is 48.8 Å². The first-order chi connectivity index (χ1) is 10.3. The average molecular weight is 281 g/mol. The van der Waals surface area contributed by atoms with E-state index in [0.717, 1.165) is 40.7 Å². The number of aliphatic hydroxyl groups excluding tert-OH is 1. The van der Waals surface area contributed by atoms with Crippen LogP contribution in [0.25, 0.3) is 22.2 Å². The van der Waals surface area contributed by atoms with Gasteiger partial charge >= 0.3 is 0 Å². The molecule has 1 aromatic carbocycles. The molecule has 4 nitrogen and oxygen atoms in total. The van der Waals surface area contributed by atoms with Crippen molar-refractivity contribution in [3.05, 3.63) is 54.4 Å². The third-order valence-corrected chi connectivity index (χ3v) is 3.59. The monoisotopic (exact) mass is 281 g/mol. The molecule has 0 aliphatic carbocycles. The lowest BCUT2D eigenvalue weighted by Gasteiger charge is -2.13. The summed E-state index contributed by atoms with van der Waals surface area (Å²) in [6.07, 6.45) is 4.09. The molecule has 21 heavy (non-hydrogen) atoms. The van der Waals surface area contributed by atoms with Gasteiger partial charge in [-0.2, -0.15) is 0 Å². The number of hydrogen-bond acceptors (Lipinski definition) is 3. The Labute approximate surface area is 123 Å². The van der Waals surface area contributed by atoms with Crippen LogP contribution in [0.3, 0.4) is 0 Å². The summed E-state index contributed by atoms with van der Waals surface area (Å²) < 4.78 is 0. The largest absolute Gasteiger partial charge is 0.374 e. The molecule has 0 saturated heterocycles. The number of hydrogen-bond donors (Lipinski definition) is 3. The van der Waals surface area contributed by atoms with Crippen LogP contribution >= 0.6 is 0 Å². The fourth-order valence-corrected chi connectivity index (χ4v) is 2.46. The van der Waals surface area contributed by atoms with Crippen LogP contribution < -0.4 is 5.32 Å². The molecule has 0 amide bonds. The summed E-state index contributed by atoms with van der Waals surface area (Å²) in [4.78, 5) is 7.42. The number of fused-ring (bicyclic) bond motifs is 1. The molecular formula is C17H19N3O. The van der Waals surface area contributed by atoms with Gasteiger partial charge in [-0.3, -0.25) is 5.32 Å². The molecule has 3 rings (SSSR count). The Hall–Kier alpha value is -2.17. The Morgan fingerprint density at radius 3 is 2.76 bits per heavy atom. The van der Waals surface area contributed by atoms with E-state index in [1.165, 1.54) is 0 Å². The first kappa shape index (κ1) is 13.8. The maximum absolute atomic E-state index is 10.0. The minimum atomic E-state index is -0.608. The van der Waals surface area contributed by atoms with Crippen LogP contribution in [0.5, 0.6) is 0 Å². The van der Waals surface area contributed by atoms with Gasteiger partial charge in [-0.05, 0) is 41.8 Å². The zero-order chi connectivity index (χ0) is 14.7. The molecule has 108 valence electrons. The Kier molecular flexibility index (Phi) is 3.99. The van der Waals surface area contributed by atoms with Gasteiger partial charge in [0, 0.05) is 17.8 Å². The van der Waals surface area contributed by atoms with Gasteiger partial charge < -0.3 is 10.1 Å². The van der Waals surface area contributed by atoms with E-state index in [9.17, 15) is 5.11 Å². The van der Waals surface area contributed by atoms with Crippen molar-refractivity contribution in [2.24, 2.45) is 0 Å². The SMILES string of the molecule is CCCNC(O)c1ccc(-c2ccnc3[nH]ccc23)cc1. The molecule has 4 heteroatoms. The highest BCUT2D eigenvalue weighted by Gasteiger charge is 2.08. The Morgan fingerprint density at radius 1 is 1.19 bits per heavy atom. The topological polar surface area (TPSA) is 60.9 Å². The molecule has 2 heterocycles. The van der Waals surface area contributed by atoms with Gasteiger partial charge in [-0.1, -0.05) is 31.2 Å². The van der Waals surface area contributed by atoms with Crippen molar-refractivity contribution in [3.63, 3.8) is 0 Å². The predicted molar refractivity (Wildman–Crippen MR) is 84.8 cm³/mol. The number of rotatable bonds is 5. The fourth-order valence-electron chi connectivity index (χ4n) is 2.46. The number of nitrogens with one attached hydrogen (secondary N) is 2. The van der Waals surface area contributed by atoms with E-state index in [4.69, 9.17) is 0 Å². The molecule has 0 saturated carbocycles. The van der Waals surface area contributed by atoms with Crippen molar-refractivity contribution in [2.75, 3.05) is 6.54 Å². The van der Waals surface area contributed by atoms with Gasteiger partial charge in [0.05, 0.1) is 0 Å². The number of benzene rings is 1. The Bertz CT molecular complexity index is 718. The van der Waals surface area contributed by atoms with Crippen molar-refractivity contribution >= 4 is 11.0 Å². The fraction of sp³-hybridized carbons (Fsp3) is 0.235. The number of H-pyrrole nitrogens is 1. The summed E-state index contributed by atoms with van der Waals surface area (Å²) in [7, 11) is 0. The van der Waals surface area contributed by atoms with E-state index in [2.05, 4.69) is 22.2 Å². The van der Waals surface area contributed by atoms with Crippen LogP contribution in [0.4, 0.5) is 0 Å². The molecule has 0 fully saturated rings. The lowest BCUT2D eigenvalue weighted by Crippen LogP contribution is -2.21. The highest BCUT2D eigenvalue weighted by atomic mass is 16.3. The molecule has 3 N–H and O–H groups in total. The highest BCUT2D eigenvalue weighted by Crippen LogP contribution is 2.27. The van der Waals surface area contributed by atoms with E-state index in [0.29, 0.717) is 0 Å². The first-order valence-electron chi connectivity index (χ1n) is 7.23. The zero-order valence-corrected chi connectivity index (χ0v) is 12.0. The second kappa shape index (κ2) is 6.08. The second-order valence-electron chi connectivity index (χ2n) is 5.08. The summed E-state index contributed by atoms with van der Waals surface area (Å²) in [6.45, 7) is 2.88. The van der Waals surface area contributed by atoms with Crippen molar-refractivity contribution in [1.29, 1.82) is 0 Å². The molecule has 2 aromatic heterocycles. The average Bonchev–Trinajstić information content (AvgIpc) is 3.01. The van der Waals surface area contributed by atoms with Crippen molar-refractivity contribution in [2.45, 2.75) is 19.6 Å². The number of aliphatic hydroxyl groups is 1. The Balaban J connectivity index is 1.89. The van der Waals surface area contributed by atoms with E-state index in [1.807, 2.05) is 42.6 Å². The van der Waals surface area contributed by atoms with Crippen LogP contribution in [0.1, 0.15) is 25.1 Å². The summed E-state index contributed by atoms with van der Waals surface area (Å²) in [5.41, 5.74) is 4.03. The molecule has 3 aromatic rings. The van der Waals surface area contributed by atoms with Gasteiger partial charge in [0.1, 0.15) is 11.9 Å². The number of aromatic nitrogens is 2. The predicted octanol–water partition coefficient (Wildman–Crippen LogP) is 3.22. The third-order valence-electron chi connectivity index (χ3n) is 3.59. The van der Waals surface area contributed by atoms with E-state index >= 15 is 0 Å². The van der Waals surface area contributed by atoms with Crippen molar-refractivity contribution in [1.82, 2.24) is 15.3 Å². The number of pyridine rings is 1. The quantitative estimate of drug-likeness (QED) is 0.629. The summed E-state index contributed by atoms with van der Waals surface area (Å²) in [5, 5.41) is 14.2. The highest BCUT2D eigenvalue weighted by molar-refractivity contribution is 5.92. The van der Waals surface area contributed by atoms with Crippen LogP contribution in [-0.2, 0) is 0 Å². The normalized spacial score (nSPS) is 12.7. The van der Waals surface area contributed by atoms with E-state index in [1.54, 1.807) is 6.20 Å². The molecule has 1 unspecified atom stereocenters. The van der Waals surface area contributed by atoms with Gasteiger partial charge in [0.15, 0.2) is 0 Å². The third kappa shape index (κ3) is 2.82. The smallest absolute Gasteiger partial charge is 0.137 e. The van der Waals surface area contributed by atoms with Gasteiger partial charge in [0.2, 0.25) is 0 Å². The summed E-state index contributed by atoms with van der Waals surface area (Å²) in [5.74, 6) is 0. The van der Waals surface area contributed by atoms with Crippen molar-refractivity contribution < 1.29 is 5.11 Å². The van der Waals surface area contributed by atoms with E-state index in [-0.39, 0.29) is 0 Å². The van der Waals surface area contributed by atoms with Crippen LogP contribution in [-0.4, -0.2) is 21.6 Å². The Morgan fingerprint density at radius 2 is 2.00 bits per heavy atom. The first-order valence-corrected chi connectivity index (χ1v) is 7.23. The number of nitrogens with zero attached hydrogens (tertiary/aromatic N) is 1. The van der Waals surface area contributed by atoms with Gasteiger partial charge in [-0.15, -0.1) is 0 Å². The molecular weight excluding hydrogens is 262 g/mol. The van der Waals surface area contributed by atoms with Crippen LogP contribution in [0, 0.1) is 0 Å². The lowest BCUT2D eigenvalue weighted by molar-refractivity contribution is 0.139.